The van der Waals surface area contributed by atoms with Crippen LogP contribution in [0.3, 0.4) is 0 Å². The smallest absolute Gasteiger partial charge is 0.150 e. The van der Waals surface area contributed by atoms with E-state index in [0.29, 0.717) is 22.9 Å². The van der Waals surface area contributed by atoms with E-state index in [1.807, 2.05) is 0 Å². The van der Waals surface area contributed by atoms with Crippen molar-refractivity contribution >= 4 is 29.2 Å². The molecule has 0 spiro atoms. The van der Waals surface area contributed by atoms with Crippen molar-refractivity contribution in [2.45, 2.75) is 20.0 Å². The number of hydrogen-bond acceptors (Lipinski definition) is 3. The normalized spacial score (nSPS) is 10.3. The van der Waals surface area contributed by atoms with Crippen LogP contribution in [0.15, 0.2) is 30.3 Å². The van der Waals surface area contributed by atoms with Gasteiger partial charge in [0.05, 0.1) is 5.02 Å². The summed E-state index contributed by atoms with van der Waals surface area (Å²) in [4.78, 5) is 13.1. The van der Waals surface area contributed by atoms with E-state index in [2.05, 4.69) is 19.1 Å². The van der Waals surface area contributed by atoms with E-state index < -0.39 is 0 Å². The van der Waals surface area contributed by atoms with E-state index in [1.54, 1.807) is 29.5 Å². The Morgan fingerprint density at radius 2 is 2.06 bits per heavy atom. The second-order valence-corrected chi connectivity index (χ2v) is 5.48. The molecule has 1 aromatic heterocycles. The van der Waals surface area contributed by atoms with Gasteiger partial charge in [-0.1, -0.05) is 18.5 Å². The van der Waals surface area contributed by atoms with Gasteiger partial charge in [0.1, 0.15) is 18.6 Å². The Labute approximate surface area is 115 Å². The molecule has 94 valence electrons. The number of aryl methyl sites for hydroxylation is 1. The molecule has 1 heterocycles. The van der Waals surface area contributed by atoms with Gasteiger partial charge < -0.3 is 4.74 Å². The molecule has 0 saturated heterocycles. The second kappa shape index (κ2) is 6.03. The van der Waals surface area contributed by atoms with Gasteiger partial charge in [-0.2, -0.15) is 0 Å². The fraction of sp³-hybridized carbons (Fsp3) is 0.214. The number of carbonyl (C=O) groups is 1. The van der Waals surface area contributed by atoms with Crippen molar-refractivity contribution < 1.29 is 9.53 Å². The number of aldehydes is 1. The number of thiophene rings is 1. The van der Waals surface area contributed by atoms with Gasteiger partial charge in [-0.25, -0.2) is 0 Å². The van der Waals surface area contributed by atoms with Crippen LogP contribution in [-0.2, 0) is 13.0 Å². The minimum Gasteiger partial charge on any atom is -0.487 e. The van der Waals surface area contributed by atoms with Crippen molar-refractivity contribution in [3.8, 4) is 5.75 Å². The number of halogens is 1. The van der Waals surface area contributed by atoms with Gasteiger partial charge >= 0.3 is 0 Å². The monoisotopic (exact) mass is 280 g/mol. The molecule has 0 saturated carbocycles. The van der Waals surface area contributed by atoms with E-state index in [0.717, 1.165) is 12.7 Å². The number of rotatable bonds is 5. The van der Waals surface area contributed by atoms with Crippen LogP contribution in [0.2, 0.25) is 5.02 Å². The summed E-state index contributed by atoms with van der Waals surface area (Å²) >= 11 is 7.77. The maximum Gasteiger partial charge on any atom is 0.150 e. The van der Waals surface area contributed by atoms with Gasteiger partial charge in [0.25, 0.3) is 0 Å². The average Bonchev–Trinajstić information content (AvgIpc) is 2.85. The Balaban J connectivity index is 2.03. The Bertz CT molecular complexity index is 548. The van der Waals surface area contributed by atoms with Gasteiger partial charge in [0, 0.05) is 15.3 Å². The standard InChI is InChI=1S/C14H13ClO2S/c1-2-11-4-5-12(18-11)9-17-14-6-3-10(8-16)7-13(14)15/h3-8H,2,9H2,1H3. The zero-order valence-corrected chi connectivity index (χ0v) is 11.6. The third-order valence-electron chi connectivity index (χ3n) is 2.53. The van der Waals surface area contributed by atoms with Crippen LogP contribution in [-0.4, -0.2) is 6.29 Å². The maximum atomic E-state index is 10.6. The lowest BCUT2D eigenvalue weighted by Crippen LogP contribution is -1.94. The first-order valence-electron chi connectivity index (χ1n) is 5.68. The fourth-order valence-electron chi connectivity index (χ4n) is 1.55. The van der Waals surface area contributed by atoms with E-state index in [-0.39, 0.29) is 0 Å². The van der Waals surface area contributed by atoms with E-state index >= 15 is 0 Å². The third-order valence-corrected chi connectivity index (χ3v) is 4.03. The summed E-state index contributed by atoms with van der Waals surface area (Å²) in [6.45, 7) is 2.64. The van der Waals surface area contributed by atoms with Gasteiger partial charge in [-0.05, 0) is 36.8 Å². The molecular formula is C14H13ClO2S. The number of carbonyl (C=O) groups excluding carboxylic acids is 1. The number of ether oxygens (including phenoxy) is 1. The molecule has 0 radical (unpaired) electrons. The topological polar surface area (TPSA) is 26.3 Å². The molecule has 0 aliphatic heterocycles. The second-order valence-electron chi connectivity index (χ2n) is 3.82. The van der Waals surface area contributed by atoms with Crippen molar-refractivity contribution in [2.24, 2.45) is 0 Å². The molecule has 0 atom stereocenters. The largest absolute Gasteiger partial charge is 0.487 e. The van der Waals surface area contributed by atoms with Crippen molar-refractivity contribution in [1.82, 2.24) is 0 Å². The van der Waals surface area contributed by atoms with Crippen molar-refractivity contribution in [2.75, 3.05) is 0 Å². The molecule has 2 rings (SSSR count). The predicted molar refractivity (Wildman–Crippen MR) is 74.9 cm³/mol. The zero-order valence-electron chi connectivity index (χ0n) is 9.98. The molecule has 0 amide bonds. The molecule has 0 aliphatic carbocycles. The highest BCUT2D eigenvalue weighted by molar-refractivity contribution is 7.11. The summed E-state index contributed by atoms with van der Waals surface area (Å²) in [5.74, 6) is 0.605. The SMILES string of the molecule is CCc1ccc(COc2ccc(C=O)cc2Cl)s1. The Morgan fingerprint density at radius 1 is 1.28 bits per heavy atom. The molecule has 4 heteroatoms. The lowest BCUT2D eigenvalue weighted by atomic mass is 10.2. The quantitative estimate of drug-likeness (QED) is 0.761. The molecule has 18 heavy (non-hydrogen) atoms. The van der Waals surface area contributed by atoms with Crippen LogP contribution in [0.1, 0.15) is 27.0 Å². The fourth-order valence-corrected chi connectivity index (χ4v) is 2.66. The van der Waals surface area contributed by atoms with Gasteiger partial charge in [-0.3, -0.25) is 4.79 Å². The Hall–Kier alpha value is -1.32. The van der Waals surface area contributed by atoms with E-state index in [4.69, 9.17) is 16.3 Å². The molecule has 0 aliphatic rings. The van der Waals surface area contributed by atoms with Crippen LogP contribution in [0.25, 0.3) is 0 Å². The maximum absolute atomic E-state index is 10.6. The first kappa shape index (κ1) is 13.1. The average molecular weight is 281 g/mol. The van der Waals surface area contributed by atoms with E-state index in [9.17, 15) is 4.79 Å². The molecule has 2 nitrogen and oxygen atoms in total. The third kappa shape index (κ3) is 3.12. The van der Waals surface area contributed by atoms with Crippen LogP contribution in [0.4, 0.5) is 0 Å². The minimum atomic E-state index is 0.465. The van der Waals surface area contributed by atoms with Crippen LogP contribution >= 0.6 is 22.9 Å². The first-order chi connectivity index (χ1) is 8.72. The summed E-state index contributed by atoms with van der Waals surface area (Å²) < 4.78 is 5.64. The summed E-state index contributed by atoms with van der Waals surface area (Å²) in [5, 5.41) is 0.465. The highest BCUT2D eigenvalue weighted by atomic mass is 35.5. The molecule has 0 fully saturated rings. The highest BCUT2D eigenvalue weighted by Crippen LogP contribution is 2.27. The lowest BCUT2D eigenvalue weighted by molar-refractivity contribution is 0.112. The summed E-state index contributed by atoms with van der Waals surface area (Å²) in [6, 6.07) is 9.20. The number of hydrogen-bond donors (Lipinski definition) is 0. The highest BCUT2D eigenvalue weighted by Gasteiger charge is 2.04. The van der Waals surface area contributed by atoms with Crippen LogP contribution in [0.5, 0.6) is 5.75 Å². The molecule has 0 N–H and O–H groups in total. The molecule has 1 aromatic carbocycles. The van der Waals surface area contributed by atoms with Gasteiger partial charge in [0.15, 0.2) is 0 Å². The predicted octanol–water partition coefficient (Wildman–Crippen LogP) is 4.36. The van der Waals surface area contributed by atoms with Crippen molar-refractivity contribution in [1.29, 1.82) is 0 Å². The molecule has 2 aromatic rings. The van der Waals surface area contributed by atoms with Gasteiger partial charge in [0.2, 0.25) is 0 Å². The van der Waals surface area contributed by atoms with Crippen LogP contribution in [0, 0.1) is 0 Å². The first-order valence-corrected chi connectivity index (χ1v) is 6.87. The minimum absolute atomic E-state index is 0.465. The van der Waals surface area contributed by atoms with Crippen LogP contribution < -0.4 is 4.74 Å². The number of benzene rings is 1. The summed E-state index contributed by atoms with van der Waals surface area (Å²) in [5.41, 5.74) is 0.553. The lowest BCUT2D eigenvalue weighted by Gasteiger charge is -2.06. The van der Waals surface area contributed by atoms with Crippen molar-refractivity contribution in [3.63, 3.8) is 0 Å². The van der Waals surface area contributed by atoms with E-state index in [1.165, 1.54) is 9.75 Å². The molecular weight excluding hydrogens is 268 g/mol. The summed E-state index contributed by atoms with van der Waals surface area (Å²) in [7, 11) is 0. The molecule has 0 unspecified atom stereocenters. The Kier molecular flexibility index (Phi) is 4.39. The molecule has 0 bridgehead atoms. The Morgan fingerprint density at radius 3 is 2.67 bits per heavy atom. The van der Waals surface area contributed by atoms with Crippen molar-refractivity contribution in [3.05, 3.63) is 50.7 Å². The zero-order chi connectivity index (χ0) is 13.0. The van der Waals surface area contributed by atoms with Gasteiger partial charge in [-0.15, -0.1) is 11.3 Å². The summed E-state index contributed by atoms with van der Waals surface area (Å²) in [6.07, 6.45) is 1.81.